The molecule has 0 unspecified atom stereocenters. The molecule has 2 aliphatic rings. The van der Waals surface area contributed by atoms with Gasteiger partial charge in [0.2, 0.25) is 5.75 Å². The van der Waals surface area contributed by atoms with Crippen molar-refractivity contribution in [1.82, 2.24) is 15.3 Å². The number of aromatic nitrogens is 2. The van der Waals surface area contributed by atoms with Crippen molar-refractivity contribution in [2.45, 2.75) is 23.8 Å². The van der Waals surface area contributed by atoms with Crippen molar-refractivity contribution in [2.24, 2.45) is 0 Å². The van der Waals surface area contributed by atoms with Gasteiger partial charge in [0.05, 0.1) is 17.1 Å². The molecule has 0 radical (unpaired) electrons. The van der Waals surface area contributed by atoms with E-state index in [4.69, 9.17) is 4.74 Å². The van der Waals surface area contributed by atoms with Crippen molar-refractivity contribution in [3.05, 3.63) is 30.3 Å². The zero-order valence-electron chi connectivity index (χ0n) is 15.9. The topological polar surface area (TPSA) is 96.5 Å². The fourth-order valence-electron chi connectivity index (χ4n) is 3.57. The van der Waals surface area contributed by atoms with Crippen LogP contribution in [0.5, 0.6) is 5.75 Å². The lowest BCUT2D eigenvalue weighted by molar-refractivity contribution is 0.288. The molecule has 0 amide bonds. The lowest BCUT2D eigenvalue weighted by atomic mass is 10.0. The highest BCUT2D eigenvalue weighted by Crippen LogP contribution is 2.38. The van der Waals surface area contributed by atoms with Gasteiger partial charge in [0.1, 0.15) is 18.8 Å². The van der Waals surface area contributed by atoms with Crippen molar-refractivity contribution in [2.75, 3.05) is 42.7 Å². The average molecular weight is 444 g/mol. The third-order valence-electron chi connectivity index (χ3n) is 5.01. The summed E-state index contributed by atoms with van der Waals surface area (Å²) in [5.41, 5.74) is 0.121. The maximum atomic E-state index is 14.4. The highest BCUT2D eigenvalue weighted by atomic mass is 35.5. The molecule has 0 saturated carbocycles. The number of benzene rings is 1. The molecule has 158 valence electrons. The molecule has 1 aromatic heterocycles. The maximum absolute atomic E-state index is 14.4. The van der Waals surface area contributed by atoms with Crippen LogP contribution >= 0.6 is 12.4 Å². The van der Waals surface area contributed by atoms with Crippen LogP contribution < -0.4 is 20.3 Å². The van der Waals surface area contributed by atoms with Gasteiger partial charge in [0.15, 0.2) is 21.5 Å². The van der Waals surface area contributed by atoms with Gasteiger partial charge in [-0.3, -0.25) is 0 Å². The summed E-state index contributed by atoms with van der Waals surface area (Å²) in [6.45, 7) is 3.16. The predicted molar refractivity (Wildman–Crippen MR) is 111 cm³/mol. The molecule has 8 nitrogen and oxygen atoms in total. The molecule has 0 bridgehead atoms. The van der Waals surface area contributed by atoms with Crippen molar-refractivity contribution in [3.63, 3.8) is 0 Å². The van der Waals surface area contributed by atoms with Crippen LogP contribution in [0.4, 0.5) is 21.7 Å². The van der Waals surface area contributed by atoms with E-state index >= 15 is 0 Å². The first-order valence-electron chi connectivity index (χ1n) is 9.15. The zero-order valence-corrected chi connectivity index (χ0v) is 17.5. The van der Waals surface area contributed by atoms with Gasteiger partial charge in [-0.05, 0) is 44.1 Å². The number of anilines is 3. The van der Waals surface area contributed by atoms with Gasteiger partial charge in [0.25, 0.3) is 0 Å². The van der Waals surface area contributed by atoms with Gasteiger partial charge < -0.3 is 20.3 Å². The van der Waals surface area contributed by atoms with Crippen molar-refractivity contribution in [3.8, 4) is 5.75 Å². The summed E-state index contributed by atoms with van der Waals surface area (Å²) in [5, 5.41) is 6.27. The van der Waals surface area contributed by atoms with E-state index in [-0.39, 0.29) is 23.0 Å². The summed E-state index contributed by atoms with van der Waals surface area (Å²) in [6, 6.07) is 4.11. The molecule has 0 aliphatic carbocycles. The average Bonchev–Trinajstić information content (AvgIpc) is 2.69. The van der Waals surface area contributed by atoms with E-state index < -0.39 is 15.7 Å². The fraction of sp³-hybridized carbons (Fsp3) is 0.444. The number of hydrogen-bond donors (Lipinski definition) is 2. The molecule has 3 heterocycles. The van der Waals surface area contributed by atoms with Crippen LogP contribution in [-0.2, 0) is 9.84 Å². The van der Waals surface area contributed by atoms with Crippen LogP contribution in [0.3, 0.4) is 0 Å². The summed E-state index contributed by atoms with van der Waals surface area (Å²) >= 11 is 0. The third-order valence-corrected chi connectivity index (χ3v) is 6.12. The number of fused-ring (bicyclic) bond motifs is 1. The van der Waals surface area contributed by atoms with Gasteiger partial charge >= 0.3 is 0 Å². The molecule has 0 atom stereocenters. The first-order valence-corrected chi connectivity index (χ1v) is 11.0. The Bertz CT molecular complexity index is 985. The monoisotopic (exact) mass is 443 g/mol. The molecule has 2 N–H and O–H groups in total. The van der Waals surface area contributed by atoms with E-state index in [1.807, 2.05) is 0 Å². The standard InChI is InChI=1S/C18H22FN5O3S.ClH/c1-28(25,26)13-2-3-15(14(19)10-13)23-17-16-18(22-11-21-17)24(8-9-27-16)12-4-6-20-7-5-12;/h2-3,10-12,20H,4-9H2,1H3,(H,21,22,23);1H. The zero-order chi connectivity index (χ0) is 19.7. The Kier molecular flexibility index (Phi) is 6.45. The Balaban J connectivity index is 0.00000240. The molecule has 2 aliphatic heterocycles. The second-order valence-electron chi connectivity index (χ2n) is 6.94. The molecule has 2 aromatic rings. The van der Waals surface area contributed by atoms with Crippen LogP contribution in [-0.4, -0.2) is 56.9 Å². The van der Waals surface area contributed by atoms with Gasteiger partial charge in [0, 0.05) is 12.3 Å². The Hall–Kier alpha value is -2.17. The molecule has 1 fully saturated rings. The smallest absolute Gasteiger partial charge is 0.205 e. The Morgan fingerprint density at radius 1 is 1.28 bits per heavy atom. The Morgan fingerprint density at radius 3 is 2.72 bits per heavy atom. The largest absolute Gasteiger partial charge is 0.485 e. The molecular weight excluding hydrogens is 421 g/mol. The molecule has 1 saturated heterocycles. The van der Waals surface area contributed by atoms with E-state index in [2.05, 4.69) is 25.5 Å². The summed E-state index contributed by atoms with van der Waals surface area (Å²) in [6.07, 6.45) is 4.51. The highest BCUT2D eigenvalue weighted by Gasteiger charge is 2.30. The van der Waals surface area contributed by atoms with E-state index in [1.54, 1.807) is 0 Å². The number of rotatable bonds is 4. The van der Waals surface area contributed by atoms with Crippen LogP contribution in [0.1, 0.15) is 12.8 Å². The second kappa shape index (κ2) is 8.68. The summed E-state index contributed by atoms with van der Waals surface area (Å²) in [7, 11) is -3.48. The number of nitrogens with one attached hydrogen (secondary N) is 2. The molecule has 11 heteroatoms. The van der Waals surface area contributed by atoms with Crippen LogP contribution in [0.2, 0.25) is 0 Å². The Labute approximate surface area is 175 Å². The lowest BCUT2D eigenvalue weighted by Gasteiger charge is -2.38. The van der Waals surface area contributed by atoms with Crippen LogP contribution in [0.25, 0.3) is 0 Å². The first kappa shape index (κ1) is 21.5. The van der Waals surface area contributed by atoms with E-state index in [0.717, 1.165) is 44.8 Å². The molecule has 29 heavy (non-hydrogen) atoms. The van der Waals surface area contributed by atoms with Gasteiger partial charge in [-0.15, -0.1) is 12.4 Å². The number of sulfone groups is 1. The quantitative estimate of drug-likeness (QED) is 0.741. The van der Waals surface area contributed by atoms with E-state index in [9.17, 15) is 12.8 Å². The highest BCUT2D eigenvalue weighted by molar-refractivity contribution is 7.90. The molecule has 1 aromatic carbocycles. The van der Waals surface area contributed by atoms with Gasteiger partial charge in [-0.1, -0.05) is 0 Å². The minimum absolute atomic E-state index is 0. The normalized spacial score (nSPS) is 17.1. The summed E-state index contributed by atoms with van der Waals surface area (Å²) < 4.78 is 43.4. The second-order valence-corrected chi connectivity index (χ2v) is 8.95. The maximum Gasteiger partial charge on any atom is 0.205 e. The van der Waals surface area contributed by atoms with Gasteiger partial charge in [-0.25, -0.2) is 22.8 Å². The minimum atomic E-state index is -3.48. The van der Waals surface area contributed by atoms with Crippen molar-refractivity contribution >= 4 is 39.6 Å². The third kappa shape index (κ3) is 4.54. The minimum Gasteiger partial charge on any atom is -0.485 e. The van der Waals surface area contributed by atoms with E-state index in [0.29, 0.717) is 30.0 Å². The van der Waals surface area contributed by atoms with Crippen LogP contribution in [0.15, 0.2) is 29.4 Å². The van der Waals surface area contributed by atoms with Gasteiger partial charge in [-0.2, -0.15) is 0 Å². The van der Waals surface area contributed by atoms with E-state index in [1.165, 1.54) is 18.5 Å². The van der Waals surface area contributed by atoms with Crippen molar-refractivity contribution in [1.29, 1.82) is 0 Å². The number of hydrogen-bond acceptors (Lipinski definition) is 8. The number of piperidine rings is 1. The lowest BCUT2D eigenvalue weighted by Crippen LogP contribution is -2.47. The molecule has 4 rings (SSSR count). The Morgan fingerprint density at radius 2 is 2.03 bits per heavy atom. The number of nitrogens with zero attached hydrogens (tertiary/aromatic N) is 3. The SMILES string of the molecule is CS(=O)(=O)c1ccc(Nc2ncnc3c2OCCN3C2CCNCC2)c(F)c1.Cl. The number of ether oxygens (including phenoxy) is 1. The number of halogens is 2. The predicted octanol–water partition coefficient (Wildman–Crippen LogP) is 2.14. The van der Waals surface area contributed by atoms with Crippen LogP contribution in [0, 0.1) is 5.82 Å². The fourth-order valence-corrected chi connectivity index (χ4v) is 4.20. The summed E-state index contributed by atoms with van der Waals surface area (Å²) in [4.78, 5) is 10.8. The summed E-state index contributed by atoms with van der Waals surface area (Å²) in [5.74, 6) is 0.860. The first-order chi connectivity index (χ1) is 13.4. The molecule has 0 spiro atoms. The molecular formula is C18H23ClFN5O3S. The van der Waals surface area contributed by atoms with Crippen molar-refractivity contribution < 1.29 is 17.5 Å².